The first-order valence-electron chi connectivity index (χ1n) is 11.9. The summed E-state index contributed by atoms with van der Waals surface area (Å²) < 4.78 is 5.66. The smallest absolute Gasteiger partial charge is 0.414 e. The number of fused-ring (bicyclic) bond motifs is 1. The van der Waals surface area contributed by atoms with Gasteiger partial charge in [-0.05, 0) is 57.4 Å². The highest BCUT2D eigenvalue weighted by atomic mass is 16.6. The van der Waals surface area contributed by atoms with Crippen LogP contribution in [-0.4, -0.2) is 53.2 Å². The molecule has 0 spiro atoms. The van der Waals surface area contributed by atoms with E-state index in [0.29, 0.717) is 18.7 Å². The standard InChI is InChI=1S/C25H34N6O3/c1-5-23(32)28-17-6-7-21-18(12-17)19(15-31(21)24(33)34-25(2,3)4)20-13-27-14-22(29-20)30-10-8-16(26)9-11-30/h6-7,12-14,16,19H,5,8-11,15,26H2,1-4H3,(H,28,32). The fraction of sp³-hybridized carbons (Fsp3) is 0.520. The second-order valence-corrected chi connectivity index (χ2v) is 9.95. The van der Waals surface area contributed by atoms with E-state index in [2.05, 4.69) is 15.2 Å². The SMILES string of the molecule is CCC(=O)Nc1ccc2c(c1)C(c1cncc(N3CCC(N)CC3)n1)CN2C(=O)OC(C)(C)C. The molecule has 1 unspecified atom stereocenters. The average Bonchev–Trinajstić information content (AvgIpc) is 3.17. The number of hydrogen-bond acceptors (Lipinski definition) is 7. The number of ether oxygens (including phenoxy) is 1. The number of nitrogens with one attached hydrogen (secondary N) is 1. The van der Waals surface area contributed by atoms with Crippen LogP contribution >= 0.6 is 0 Å². The molecule has 2 amide bonds. The first-order chi connectivity index (χ1) is 16.1. The summed E-state index contributed by atoms with van der Waals surface area (Å²) in [6, 6.07) is 5.82. The molecule has 1 saturated heterocycles. The number of anilines is 3. The Labute approximate surface area is 200 Å². The van der Waals surface area contributed by atoms with Gasteiger partial charge in [0.25, 0.3) is 0 Å². The molecule has 1 aromatic carbocycles. The summed E-state index contributed by atoms with van der Waals surface area (Å²) in [5, 5.41) is 2.91. The molecule has 1 aromatic heterocycles. The largest absolute Gasteiger partial charge is 0.443 e. The van der Waals surface area contributed by atoms with Crippen molar-refractivity contribution in [2.45, 2.75) is 64.5 Å². The number of benzene rings is 1. The summed E-state index contributed by atoms with van der Waals surface area (Å²) in [5.41, 5.74) is 8.58. The summed E-state index contributed by atoms with van der Waals surface area (Å²) in [6.07, 6.45) is 5.35. The van der Waals surface area contributed by atoms with Crippen molar-refractivity contribution < 1.29 is 14.3 Å². The Kier molecular flexibility index (Phi) is 6.74. The van der Waals surface area contributed by atoms with Crippen molar-refractivity contribution >= 4 is 29.2 Å². The van der Waals surface area contributed by atoms with E-state index < -0.39 is 11.7 Å². The lowest BCUT2D eigenvalue weighted by Crippen LogP contribution is -2.40. The van der Waals surface area contributed by atoms with Gasteiger partial charge in [0.15, 0.2) is 0 Å². The molecule has 0 bridgehead atoms. The van der Waals surface area contributed by atoms with Gasteiger partial charge in [-0.3, -0.25) is 14.7 Å². The van der Waals surface area contributed by atoms with Crippen LogP contribution in [0.1, 0.15) is 64.1 Å². The molecule has 2 aliphatic heterocycles. The molecular weight excluding hydrogens is 432 g/mol. The fourth-order valence-electron chi connectivity index (χ4n) is 4.35. The zero-order chi connectivity index (χ0) is 24.5. The molecule has 3 N–H and O–H groups in total. The van der Waals surface area contributed by atoms with Crippen molar-refractivity contribution in [3.05, 3.63) is 41.9 Å². The summed E-state index contributed by atoms with van der Waals surface area (Å²) >= 11 is 0. The Morgan fingerprint density at radius 1 is 1.21 bits per heavy atom. The van der Waals surface area contributed by atoms with E-state index in [9.17, 15) is 9.59 Å². The van der Waals surface area contributed by atoms with Gasteiger partial charge in [-0.15, -0.1) is 0 Å². The summed E-state index contributed by atoms with van der Waals surface area (Å²) in [4.78, 5) is 38.3. The number of amides is 2. The lowest BCUT2D eigenvalue weighted by Gasteiger charge is -2.31. The second kappa shape index (κ2) is 9.58. The van der Waals surface area contributed by atoms with Gasteiger partial charge in [0.1, 0.15) is 11.4 Å². The van der Waals surface area contributed by atoms with Crippen molar-refractivity contribution in [2.75, 3.05) is 34.8 Å². The topological polar surface area (TPSA) is 114 Å². The van der Waals surface area contributed by atoms with Crippen LogP contribution in [0.15, 0.2) is 30.6 Å². The number of rotatable bonds is 4. The molecule has 1 atom stereocenters. The third-order valence-corrected chi connectivity index (χ3v) is 6.14. The maximum Gasteiger partial charge on any atom is 0.414 e. The normalized spacial score (nSPS) is 18.6. The van der Waals surface area contributed by atoms with Crippen molar-refractivity contribution in [2.24, 2.45) is 5.73 Å². The van der Waals surface area contributed by atoms with Gasteiger partial charge in [-0.2, -0.15) is 0 Å². The lowest BCUT2D eigenvalue weighted by molar-refractivity contribution is -0.115. The average molecular weight is 467 g/mol. The second-order valence-electron chi connectivity index (χ2n) is 9.95. The Morgan fingerprint density at radius 3 is 2.62 bits per heavy atom. The Balaban J connectivity index is 1.67. The highest BCUT2D eigenvalue weighted by molar-refractivity contribution is 5.94. The number of nitrogens with two attached hydrogens (primary N) is 1. The molecule has 9 nitrogen and oxygen atoms in total. The summed E-state index contributed by atoms with van der Waals surface area (Å²) in [5.74, 6) is 0.557. The fourth-order valence-corrected chi connectivity index (χ4v) is 4.35. The van der Waals surface area contributed by atoms with Crippen LogP contribution in [0.4, 0.5) is 22.0 Å². The minimum Gasteiger partial charge on any atom is -0.443 e. The van der Waals surface area contributed by atoms with Crippen LogP contribution in [0.25, 0.3) is 0 Å². The molecule has 3 heterocycles. The van der Waals surface area contributed by atoms with E-state index in [0.717, 1.165) is 48.7 Å². The summed E-state index contributed by atoms with van der Waals surface area (Å²) in [7, 11) is 0. The van der Waals surface area contributed by atoms with Gasteiger partial charge in [-0.1, -0.05) is 6.92 Å². The van der Waals surface area contributed by atoms with Gasteiger partial charge in [0, 0.05) is 49.9 Å². The first kappa shape index (κ1) is 23.9. The monoisotopic (exact) mass is 466 g/mol. The molecule has 1 fully saturated rings. The molecule has 2 aromatic rings. The minimum absolute atomic E-state index is 0.0661. The Morgan fingerprint density at radius 2 is 1.94 bits per heavy atom. The maximum atomic E-state index is 13.0. The van der Waals surface area contributed by atoms with E-state index in [4.69, 9.17) is 15.5 Å². The van der Waals surface area contributed by atoms with E-state index in [1.807, 2.05) is 45.9 Å². The predicted octanol–water partition coefficient (Wildman–Crippen LogP) is 3.64. The molecular formula is C25H34N6O3. The lowest BCUT2D eigenvalue weighted by atomic mass is 9.97. The quantitative estimate of drug-likeness (QED) is 0.707. The van der Waals surface area contributed by atoms with Crippen molar-refractivity contribution in [1.29, 1.82) is 0 Å². The highest BCUT2D eigenvalue weighted by Crippen LogP contribution is 2.42. The molecule has 2 aliphatic rings. The molecule has 4 rings (SSSR count). The maximum absolute atomic E-state index is 13.0. The molecule has 0 saturated carbocycles. The van der Waals surface area contributed by atoms with Gasteiger partial charge in [0.2, 0.25) is 5.91 Å². The number of hydrogen-bond donors (Lipinski definition) is 2. The van der Waals surface area contributed by atoms with E-state index in [1.165, 1.54) is 0 Å². The van der Waals surface area contributed by atoms with Gasteiger partial charge < -0.3 is 20.7 Å². The molecule has 0 radical (unpaired) electrons. The van der Waals surface area contributed by atoms with Gasteiger partial charge in [0.05, 0.1) is 17.6 Å². The molecule has 182 valence electrons. The van der Waals surface area contributed by atoms with Crippen LogP contribution < -0.4 is 20.9 Å². The van der Waals surface area contributed by atoms with E-state index >= 15 is 0 Å². The van der Waals surface area contributed by atoms with Crippen molar-refractivity contribution in [3.8, 4) is 0 Å². The molecule has 34 heavy (non-hydrogen) atoms. The first-order valence-corrected chi connectivity index (χ1v) is 11.9. The molecule has 9 heteroatoms. The van der Waals surface area contributed by atoms with Gasteiger partial charge in [-0.25, -0.2) is 9.78 Å². The summed E-state index contributed by atoms with van der Waals surface area (Å²) in [6.45, 7) is 9.44. The van der Waals surface area contributed by atoms with Crippen LogP contribution in [0.2, 0.25) is 0 Å². The van der Waals surface area contributed by atoms with Gasteiger partial charge >= 0.3 is 6.09 Å². The van der Waals surface area contributed by atoms with Crippen molar-refractivity contribution in [3.63, 3.8) is 0 Å². The van der Waals surface area contributed by atoms with Crippen LogP contribution in [-0.2, 0) is 9.53 Å². The van der Waals surface area contributed by atoms with E-state index in [1.54, 1.807) is 17.3 Å². The Bertz CT molecular complexity index is 1060. The number of nitrogens with zero attached hydrogens (tertiary/aromatic N) is 4. The zero-order valence-electron chi connectivity index (χ0n) is 20.4. The van der Waals surface area contributed by atoms with E-state index in [-0.39, 0.29) is 17.9 Å². The van der Waals surface area contributed by atoms with Crippen molar-refractivity contribution in [1.82, 2.24) is 9.97 Å². The van der Waals surface area contributed by atoms with Crippen LogP contribution in [0.5, 0.6) is 0 Å². The zero-order valence-corrected chi connectivity index (χ0v) is 20.4. The highest BCUT2D eigenvalue weighted by Gasteiger charge is 2.37. The Hall–Kier alpha value is -3.20. The predicted molar refractivity (Wildman–Crippen MR) is 132 cm³/mol. The third-order valence-electron chi connectivity index (χ3n) is 6.14. The number of carbonyl (C=O) groups excluding carboxylic acids is 2. The molecule has 0 aliphatic carbocycles. The van der Waals surface area contributed by atoms with Crippen LogP contribution in [0.3, 0.4) is 0 Å². The number of aromatic nitrogens is 2. The third kappa shape index (κ3) is 5.30. The minimum atomic E-state index is -0.612. The number of piperidine rings is 1. The van der Waals surface area contributed by atoms with Crippen LogP contribution in [0, 0.1) is 0 Å². The number of carbonyl (C=O) groups is 2.